The Balaban J connectivity index is 3.04. The van der Waals surface area contributed by atoms with Gasteiger partial charge in [-0.3, -0.25) is 0 Å². The largest absolute Gasteiger partial charge is 0.312 e. The van der Waals surface area contributed by atoms with Gasteiger partial charge in [-0.15, -0.1) is 11.3 Å². The standard InChI is InChI=1S/C14H26N2O2S3/c1-6-15-9-13-14(11(2)10-20-13)21(17,18)16(4)12(3)7-8-19-5/h10,12,15H,6-9H2,1-5H3. The second kappa shape index (κ2) is 8.53. The molecule has 0 aromatic carbocycles. The van der Waals surface area contributed by atoms with Gasteiger partial charge in [-0.1, -0.05) is 6.92 Å². The molecule has 1 N–H and O–H groups in total. The van der Waals surface area contributed by atoms with Crippen LogP contribution in [0, 0.1) is 6.92 Å². The molecule has 0 saturated carbocycles. The molecule has 1 heterocycles. The average molecular weight is 351 g/mol. The van der Waals surface area contributed by atoms with Crippen LogP contribution in [0.3, 0.4) is 0 Å². The summed E-state index contributed by atoms with van der Waals surface area (Å²) in [4.78, 5) is 1.39. The Morgan fingerprint density at radius 2 is 2.14 bits per heavy atom. The molecule has 122 valence electrons. The van der Waals surface area contributed by atoms with Crippen LogP contribution in [0.5, 0.6) is 0 Å². The van der Waals surface area contributed by atoms with Crippen LogP contribution in [0.15, 0.2) is 10.3 Å². The van der Waals surface area contributed by atoms with Crippen molar-refractivity contribution in [2.75, 3.05) is 25.6 Å². The molecule has 0 bridgehead atoms. The van der Waals surface area contributed by atoms with Crippen LogP contribution >= 0.6 is 23.1 Å². The van der Waals surface area contributed by atoms with E-state index in [2.05, 4.69) is 5.32 Å². The molecule has 1 aromatic rings. The molecular formula is C14H26N2O2S3. The first-order valence-corrected chi connectivity index (χ1v) is 10.8. The van der Waals surface area contributed by atoms with Crippen LogP contribution in [0.2, 0.25) is 0 Å². The van der Waals surface area contributed by atoms with Crippen LogP contribution in [0.25, 0.3) is 0 Å². The van der Waals surface area contributed by atoms with Crippen LogP contribution in [-0.4, -0.2) is 44.4 Å². The van der Waals surface area contributed by atoms with Crippen molar-refractivity contribution < 1.29 is 8.42 Å². The molecule has 21 heavy (non-hydrogen) atoms. The van der Waals surface area contributed by atoms with E-state index in [0.29, 0.717) is 11.4 Å². The van der Waals surface area contributed by atoms with Gasteiger partial charge in [0, 0.05) is 24.5 Å². The predicted molar refractivity (Wildman–Crippen MR) is 93.8 cm³/mol. The van der Waals surface area contributed by atoms with Crippen molar-refractivity contribution in [3.05, 3.63) is 15.8 Å². The summed E-state index contributed by atoms with van der Waals surface area (Å²) in [6.45, 7) is 7.30. The van der Waals surface area contributed by atoms with E-state index in [9.17, 15) is 8.42 Å². The molecule has 0 fully saturated rings. The van der Waals surface area contributed by atoms with Gasteiger partial charge in [0.1, 0.15) is 4.90 Å². The summed E-state index contributed by atoms with van der Waals surface area (Å²) in [5.74, 6) is 0.966. The number of nitrogens with zero attached hydrogens (tertiary/aromatic N) is 1. The molecule has 0 aliphatic carbocycles. The smallest absolute Gasteiger partial charge is 0.244 e. The number of rotatable bonds is 9. The Kier molecular flexibility index (Phi) is 7.70. The number of aryl methyl sites for hydroxylation is 1. The van der Waals surface area contributed by atoms with Crippen LogP contribution in [0.4, 0.5) is 0 Å². The van der Waals surface area contributed by atoms with E-state index >= 15 is 0 Å². The Morgan fingerprint density at radius 3 is 2.71 bits per heavy atom. The van der Waals surface area contributed by atoms with Crippen molar-refractivity contribution in [3.63, 3.8) is 0 Å². The highest BCUT2D eigenvalue weighted by Gasteiger charge is 2.29. The van der Waals surface area contributed by atoms with Crippen molar-refractivity contribution >= 4 is 33.1 Å². The van der Waals surface area contributed by atoms with E-state index in [-0.39, 0.29) is 6.04 Å². The molecule has 0 aliphatic heterocycles. The van der Waals surface area contributed by atoms with E-state index in [4.69, 9.17) is 0 Å². The number of sulfonamides is 1. The van der Waals surface area contributed by atoms with Gasteiger partial charge < -0.3 is 5.32 Å². The SMILES string of the molecule is CCNCc1scc(C)c1S(=O)(=O)N(C)C(C)CCSC. The van der Waals surface area contributed by atoms with E-state index in [1.807, 2.05) is 32.4 Å². The molecule has 0 aliphatic rings. The number of hydrogen-bond donors (Lipinski definition) is 1. The summed E-state index contributed by atoms with van der Waals surface area (Å²) in [5, 5.41) is 5.15. The number of nitrogens with one attached hydrogen (secondary N) is 1. The Morgan fingerprint density at radius 1 is 1.48 bits per heavy atom. The maximum absolute atomic E-state index is 12.9. The summed E-state index contributed by atoms with van der Waals surface area (Å²) in [6.07, 6.45) is 2.90. The fourth-order valence-electron chi connectivity index (χ4n) is 2.05. The second-order valence-corrected chi connectivity index (χ2v) is 8.99. The predicted octanol–water partition coefficient (Wildman–Crippen LogP) is 2.93. The minimum atomic E-state index is -3.42. The molecule has 0 spiro atoms. The van der Waals surface area contributed by atoms with Crippen molar-refractivity contribution in [2.45, 2.75) is 44.7 Å². The summed E-state index contributed by atoms with van der Waals surface area (Å²) in [5.41, 5.74) is 0.844. The first kappa shape index (κ1) is 19.0. The third-order valence-electron chi connectivity index (χ3n) is 3.52. The lowest BCUT2D eigenvalue weighted by molar-refractivity contribution is 0.382. The zero-order valence-electron chi connectivity index (χ0n) is 13.5. The summed E-state index contributed by atoms with van der Waals surface area (Å²) >= 11 is 3.26. The number of thiophene rings is 1. The van der Waals surface area contributed by atoms with E-state index < -0.39 is 10.0 Å². The van der Waals surface area contributed by atoms with Gasteiger partial charge in [0.15, 0.2) is 0 Å². The molecule has 1 unspecified atom stereocenters. The average Bonchev–Trinajstić information content (AvgIpc) is 2.83. The molecule has 0 amide bonds. The first-order valence-electron chi connectivity index (χ1n) is 7.10. The fraction of sp³-hybridized carbons (Fsp3) is 0.714. The Labute approximate surface area is 137 Å². The second-order valence-electron chi connectivity index (χ2n) is 5.10. The monoisotopic (exact) mass is 350 g/mol. The van der Waals surface area contributed by atoms with Crippen molar-refractivity contribution in [2.24, 2.45) is 0 Å². The van der Waals surface area contributed by atoms with E-state index in [1.54, 1.807) is 18.8 Å². The molecule has 1 aromatic heterocycles. The van der Waals surface area contributed by atoms with Crippen molar-refractivity contribution in [3.8, 4) is 0 Å². The summed E-state index contributed by atoms with van der Waals surface area (Å²) in [7, 11) is -1.73. The summed E-state index contributed by atoms with van der Waals surface area (Å²) < 4.78 is 27.3. The molecule has 0 radical (unpaired) electrons. The van der Waals surface area contributed by atoms with Gasteiger partial charge in [-0.2, -0.15) is 16.1 Å². The van der Waals surface area contributed by atoms with E-state index in [1.165, 1.54) is 15.6 Å². The number of hydrogen-bond acceptors (Lipinski definition) is 5. The van der Waals surface area contributed by atoms with Crippen molar-refractivity contribution in [1.82, 2.24) is 9.62 Å². The topological polar surface area (TPSA) is 49.4 Å². The maximum Gasteiger partial charge on any atom is 0.244 e. The minimum absolute atomic E-state index is 0.00809. The molecule has 4 nitrogen and oxygen atoms in total. The Bertz CT molecular complexity index is 540. The van der Waals surface area contributed by atoms with Crippen LogP contribution in [-0.2, 0) is 16.6 Å². The van der Waals surface area contributed by atoms with Crippen molar-refractivity contribution in [1.29, 1.82) is 0 Å². The Hall–Kier alpha value is -0.0800. The fourth-order valence-corrected chi connectivity index (χ4v) is 5.74. The molecular weight excluding hydrogens is 324 g/mol. The van der Waals surface area contributed by atoms with Crippen LogP contribution in [0.1, 0.15) is 30.7 Å². The van der Waals surface area contributed by atoms with Gasteiger partial charge in [-0.25, -0.2) is 8.42 Å². The zero-order chi connectivity index (χ0) is 16.0. The van der Waals surface area contributed by atoms with Gasteiger partial charge in [0.05, 0.1) is 0 Å². The highest BCUT2D eigenvalue weighted by Crippen LogP contribution is 2.30. The maximum atomic E-state index is 12.9. The lowest BCUT2D eigenvalue weighted by Crippen LogP contribution is -2.36. The quantitative estimate of drug-likeness (QED) is 0.744. The van der Waals surface area contributed by atoms with E-state index in [0.717, 1.165) is 29.2 Å². The lowest BCUT2D eigenvalue weighted by Gasteiger charge is -2.25. The lowest BCUT2D eigenvalue weighted by atomic mass is 10.3. The van der Waals surface area contributed by atoms with Crippen LogP contribution < -0.4 is 5.32 Å². The first-order chi connectivity index (χ1) is 9.86. The van der Waals surface area contributed by atoms with Gasteiger partial charge >= 0.3 is 0 Å². The number of thioether (sulfide) groups is 1. The molecule has 1 atom stereocenters. The normalized spacial score (nSPS) is 13.8. The molecule has 1 rings (SSSR count). The third kappa shape index (κ3) is 4.69. The zero-order valence-corrected chi connectivity index (χ0v) is 15.9. The third-order valence-corrected chi connectivity index (χ3v) is 7.60. The molecule has 7 heteroatoms. The molecule has 0 saturated heterocycles. The van der Waals surface area contributed by atoms with Gasteiger partial charge in [-0.05, 0) is 49.8 Å². The van der Waals surface area contributed by atoms with Gasteiger partial charge in [0.25, 0.3) is 0 Å². The summed E-state index contributed by atoms with van der Waals surface area (Å²) in [6, 6.07) is 0.00809. The highest BCUT2D eigenvalue weighted by molar-refractivity contribution is 7.98. The highest BCUT2D eigenvalue weighted by atomic mass is 32.2. The minimum Gasteiger partial charge on any atom is -0.312 e. The van der Waals surface area contributed by atoms with Gasteiger partial charge in [0.2, 0.25) is 10.0 Å².